The number of rotatable bonds is 7. The van der Waals surface area contributed by atoms with E-state index in [-0.39, 0.29) is 18.4 Å². The third-order valence-electron chi connectivity index (χ3n) is 7.99. The van der Waals surface area contributed by atoms with Crippen LogP contribution < -0.4 is 20.1 Å². The van der Waals surface area contributed by atoms with E-state index in [2.05, 4.69) is 42.5 Å². The molecule has 45 heavy (non-hydrogen) atoms. The van der Waals surface area contributed by atoms with Crippen molar-refractivity contribution in [2.45, 2.75) is 67.0 Å². The fraction of sp³-hybridized carbons (Fsp3) is 0.459. The van der Waals surface area contributed by atoms with Crippen LogP contribution >= 0.6 is 0 Å². The molecule has 0 bridgehead atoms. The topological polar surface area (TPSA) is 88.3 Å². The molecule has 2 N–H and O–H groups in total. The van der Waals surface area contributed by atoms with E-state index in [0.29, 0.717) is 28.7 Å². The number of piperazine rings is 1. The Hall–Kier alpha value is -3.88. The summed E-state index contributed by atoms with van der Waals surface area (Å²) in [5.74, 6) is 0.701. The number of amides is 2. The molecule has 8 nitrogen and oxygen atoms in total. The van der Waals surface area contributed by atoms with Gasteiger partial charge in [-0.05, 0) is 63.6 Å². The number of ether oxygens (including phenoxy) is 2. The summed E-state index contributed by atoms with van der Waals surface area (Å²) in [4.78, 5) is 32.9. The van der Waals surface area contributed by atoms with Crippen LogP contribution in [-0.4, -0.2) is 75.1 Å². The number of benzene rings is 2. The zero-order chi connectivity index (χ0) is 34.1. The first-order valence-corrected chi connectivity index (χ1v) is 16.0. The Labute approximate surface area is 272 Å². The molecule has 2 aromatic carbocycles. The number of hydrogen-bond acceptors (Lipinski definition) is 7. The maximum absolute atomic E-state index is 13.5. The number of fused-ring (bicyclic) bond motifs is 1. The number of imide groups is 1. The Bertz CT molecular complexity index is 1290. The standard InChI is InChI=1S/C28H33N3O4.C4H6.2C2H6.CH5N/c1-18-8-10-22(19(18)2)29-12-14-30(15-13-29)23-7-5-6-21-26(23)28(33)31(27(21)32)17-20-9-11-24(34-3)25(16-20)35-4;1-3-4-2;3*1-2/h5-7,9,11,16,22H,8,10,12-15,17H2,1-4H3;3-4H,1-2H2;2*1-2H3;2H2,1H3. The molecule has 1 atom stereocenters. The minimum atomic E-state index is -0.248. The van der Waals surface area contributed by atoms with E-state index in [4.69, 9.17) is 9.47 Å². The van der Waals surface area contributed by atoms with Crippen LogP contribution in [0.3, 0.4) is 0 Å². The lowest BCUT2D eigenvalue weighted by Gasteiger charge is -2.40. The molecule has 0 spiro atoms. The fourth-order valence-corrected chi connectivity index (χ4v) is 5.67. The van der Waals surface area contributed by atoms with Crippen molar-refractivity contribution in [1.29, 1.82) is 0 Å². The van der Waals surface area contributed by atoms with Crippen LogP contribution in [0, 0.1) is 0 Å². The number of hydrogen-bond donors (Lipinski definition) is 1. The molecule has 1 fully saturated rings. The maximum Gasteiger partial charge on any atom is 0.263 e. The zero-order valence-corrected chi connectivity index (χ0v) is 29.1. The molecular formula is C37H56N4O4. The van der Waals surface area contributed by atoms with E-state index in [9.17, 15) is 9.59 Å². The van der Waals surface area contributed by atoms with Crippen LogP contribution in [0.25, 0.3) is 0 Å². The largest absolute Gasteiger partial charge is 0.493 e. The van der Waals surface area contributed by atoms with Gasteiger partial charge in [-0.2, -0.15) is 0 Å². The highest BCUT2D eigenvalue weighted by molar-refractivity contribution is 6.23. The molecule has 1 saturated heterocycles. The molecule has 1 aliphatic carbocycles. The second-order valence-electron chi connectivity index (χ2n) is 10.1. The van der Waals surface area contributed by atoms with Crippen LogP contribution in [0.4, 0.5) is 5.69 Å². The molecule has 2 amide bonds. The van der Waals surface area contributed by atoms with Gasteiger partial charge in [0.05, 0.1) is 37.6 Å². The van der Waals surface area contributed by atoms with Gasteiger partial charge in [0, 0.05) is 32.2 Å². The molecular weight excluding hydrogens is 564 g/mol. The van der Waals surface area contributed by atoms with Crippen molar-refractivity contribution in [3.05, 3.63) is 89.5 Å². The minimum absolute atomic E-state index is 0.187. The number of carbonyl (C=O) groups excluding carboxylic acids is 2. The van der Waals surface area contributed by atoms with Crippen molar-refractivity contribution in [3.8, 4) is 11.5 Å². The van der Waals surface area contributed by atoms with Gasteiger partial charge in [-0.3, -0.25) is 19.4 Å². The number of methoxy groups -OCH3 is 2. The first-order valence-electron chi connectivity index (χ1n) is 16.0. The smallest absolute Gasteiger partial charge is 0.263 e. The Kier molecular flexibility index (Phi) is 17.6. The second kappa shape index (κ2) is 20.2. The van der Waals surface area contributed by atoms with E-state index in [0.717, 1.165) is 37.4 Å². The lowest BCUT2D eigenvalue weighted by atomic mass is 10.0. The van der Waals surface area contributed by atoms with Gasteiger partial charge in [-0.1, -0.05) is 76.3 Å². The SMILES string of the molecule is C=CC=C.CC.CC.CN.COc1ccc(CN2C(=O)c3cccc(N4CCN(C5CCC(C)=C5C)CC4)c3C2=O)cc1OC. The predicted molar refractivity (Wildman–Crippen MR) is 189 cm³/mol. The number of carbonyl (C=O) groups is 2. The summed E-state index contributed by atoms with van der Waals surface area (Å²) in [5.41, 5.74) is 10.2. The van der Waals surface area contributed by atoms with Crippen molar-refractivity contribution < 1.29 is 19.1 Å². The molecule has 0 radical (unpaired) electrons. The van der Waals surface area contributed by atoms with Gasteiger partial charge in [0.2, 0.25) is 0 Å². The Morgan fingerprint density at radius 2 is 1.47 bits per heavy atom. The Morgan fingerprint density at radius 1 is 0.867 bits per heavy atom. The van der Waals surface area contributed by atoms with Gasteiger partial charge in [-0.15, -0.1) is 0 Å². The molecule has 2 aliphatic heterocycles. The molecule has 5 rings (SSSR count). The highest BCUT2D eigenvalue weighted by Crippen LogP contribution is 2.36. The van der Waals surface area contributed by atoms with Crippen molar-refractivity contribution in [1.82, 2.24) is 9.80 Å². The van der Waals surface area contributed by atoms with E-state index in [1.807, 2.05) is 52.0 Å². The monoisotopic (exact) mass is 620 g/mol. The lowest BCUT2D eigenvalue weighted by Crippen LogP contribution is -2.50. The van der Waals surface area contributed by atoms with E-state index >= 15 is 0 Å². The highest BCUT2D eigenvalue weighted by atomic mass is 16.5. The van der Waals surface area contributed by atoms with E-state index in [1.54, 1.807) is 38.5 Å². The number of nitrogens with two attached hydrogens (primary N) is 1. The van der Waals surface area contributed by atoms with Gasteiger partial charge >= 0.3 is 0 Å². The Morgan fingerprint density at radius 3 is 1.98 bits per heavy atom. The predicted octanol–water partition coefficient (Wildman–Crippen LogP) is 7.11. The highest BCUT2D eigenvalue weighted by Gasteiger charge is 2.39. The van der Waals surface area contributed by atoms with Gasteiger partial charge in [0.25, 0.3) is 11.8 Å². The summed E-state index contributed by atoms with van der Waals surface area (Å²) < 4.78 is 10.7. The molecule has 2 heterocycles. The van der Waals surface area contributed by atoms with Gasteiger partial charge in [-0.25, -0.2) is 0 Å². The maximum atomic E-state index is 13.5. The quantitative estimate of drug-likeness (QED) is 0.201. The van der Waals surface area contributed by atoms with Gasteiger partial charge < -0.3 is 20.1 Å². The summed E-state index contributed by atoms with van der Waals surface area (Å²) in [6.07, 6.45) is 5.67. The summed E-state index contributed by atoms with van der Waals surface area (Å²) >= 11 is 0. The van der Waals surface area contributed by atoms with Crippen molar-refractivity contribution in [2.24, 2.45) is 5.73 Å². The molecule has 0 aromatic heterocycles. The van der Waals surface area contributed by atoms with Crippen LogP contribution in [0.5, 0.6) is 11.5 Å². The van der Waals surface area contributed by atoms with Crippen molar-refractivity contribution in [2.75, 3.05) is 52.3 Å². The molecule has 2 aromatic rings. The molecule has 1 unspecified atom stereocenters. The fourth-order valence-electron chi connectivity index (χ4n) is 5.67. The first kappa shape index (κ1) is 39.1. The first-order chi connectivity index (χ1) is 21.8. The molecule has 248 valence electrons. The van der Waals surface area contributed by atoms with Crippen molar-refractivity contribution >= 4 is 17.5 Å². The van der Waals surface area contributed by atoms with Gasteiger partial charge in [0.15, 0.2) is 11.5 Å². The molecule has 0 saturated carbocycles. The summed E-state index contributed by atoms with van der Waals surface area (Å²) in [6, 6.07) is 11.6. The summed E-state index contributed by atoms with van der Waals surface area (Å²) in [6.45, 7) is 23.0. The average Bonchev–Trinajstić information content (AvgIpc) is 3.57. The normalized spacial score (nSPS) is 16.9. The van der Waals surface area contributed by atoms with E-state index < -0.39 is 0 Å². The molecule has 3 aliphatic rings. The minimum Gasteiger partial charge on any atom is -0.493 e. The molecule has 8 heteroatoms. The summed E-state index contributed by atoms with van der Waals surface area (Å²) in [7, 11) is 4.65. The number of allylic oxidation sites excluding steroid dienone is 3. The van der Waals surface area contributed by atoms with Gasteiger partial charge in [0.1, 0.15) is 0 Å². The third kappa shape index (κ3) is 9.31. The number of nitrogens with zero attached hydrogens (tertiary/aromatic N) is 3. The van der Waals surface area contributed by atoms with Crippen LogP contribution in [0.2, 0.25) is 0 Å². The summed E-state index contributed by atoms with van der Waals surface area (Å²) in [5, 5.41) is 0. The average molecular weight is 621 g/mol. The Balaban J connectivity index is 0.000000910. The van der Waals surface area contributed by atoms with Crippen LogP contribution in [0.1, 0.15) is 80.7 Å². The van der Waals surface area contributed by atoms with E-state index in [1.165, 1.54) is 35.9 Å². The third-order valence-corrected chi connectivity index (χ3v) is 7.99. The lowest BCUT2D eigenvalue weighted by molar-refractivity contribution is 0.0642. The number of anilines is 1. The van der Waals surface area contributed by atoms with Crippen molar-refractivity contribution in [3.63, 3.8) is 0 Å². The van der Waals surface area contributed by atoms with Crippen LogP contribution in [-0.2, 0) is 6.54 Å². The van der Waals surface area contributed by atoms with Crippen LogP contribution in [0.15, 0.2) is 72.9 Å². The zero-order valence-electron chi connectivity index (χ0n) is 29.1. The second-order valence-corrected chi connectivity index (χ2v) is 10.1.